The van der Waals surface area contributed by atoms with E-state index in [0.29, 0.717) is 12.4 Å². The standard InChI is InChI=1S/C17H27N3O2S/c1-13-7-5-6-8-15(13)17(2,3)12-19-16(18-4)20-14-9-10-23(21,22)11-14/h5-8,14H,9-12H2,1-4H3,(H2,18,19,20). The van der Waals surface area contributed by atoms with Crippen molar-refractivity contribution in [1.29, 1.82) is 0 Å². The molecule has 5 nitrogen and oxygen atoms in total. The molecule has 1 fully saturated rings. The van der Waals surface area contributed by atoms with Gasteiger partial charge in [0, 0.05) is 25.0 Å². The second-order valence-corrected chi connectivity index (χ2v) is 9.10. The van der Waals surface area contributed by atoms with Crippen molar-refractivity contribution >= 4 is 15.8 Å². The van der Waals surface area contributed by atoms with Gasteiger partial charge in [0.05, 0.1) is 11.5 Å². The van der Waals surface area contributed by atoms with Crippen LogP contribution in [0.25, 0.3) is 0 Å². The zero-order valence-corrected chi connectivity index (χ0v) is 15.2. The summed E-state index contributed by atoms with van der Waals surface area (Å²) in [4.78, 5) is 4.22. The first-order valence-corrected chi connectivity index (χ1v) is 9.79. The molecule has 23 heavy (non-hydrogen) atoms. The summed E-state index contributed by atoms with van der Waals surface area (Å²) in [5.41, 5.74) is 2.51. The summed E-state index contributed by atoms with van der Waals surface area (Å²) in [6.45, 7) is 7.22. The minimum absolute atomic E-state index is 0.0484. The molecular formula is C17H27N3O2S. The first-order chi connectivity index (χ1) is 10.7. The van der Waals surface area contributed by atoms with Crippen molar-refractivity contribution in [3.8, 4) is 0 Å². The van der Waals surface area contributed by atoms with Crippen LogP contribution in [0.3, 0.4) is 0 Å². The molecule has 1 aliphatic heterocycles. The number of rotatable bonds is 4. The summed E-state index contributed by atoms with van der Waals surface area (Å²) in [7, 11) is -1.18. The Morgan fingerprint density at radius 2 is 2.04 bits per heavy atom. The van der Waals surface area contributed by atoms with Gasteiger partial charge in [0.1, 0.15) is 0 Å². The largest absolute Gasteiger partial charge is 0.356 e. The molecule has 1 atom stereocenters. The Morgan fingerprint density at radius 3 is 2.61 bits per heavy atom. The highest BCUT2D eigenvalue weighted by Crippen LogP contribution is 2.25. The van der Waals surface area contributed by atoms with Gasteiger partial charge in [-0.15, -0.1) is 0 Å². The van der Waals surface area contributed by atoms with Gasteiger partial charge in [0.2, 0.25) is 0 Å². The minimum atomic E-state index is -2.89. The van der Waals surface area contributed by atoms with Crippen LogP contribution in [-0.4, -0.2) is 45.5 Å². The fraction of sp³-hybridized carbons (Fsp3) is 0.588. The zero-order valence-electron chi connectivity index (χ0n) is 14.4. The number of nitrogens with zero attached hydrogens (tertiary/aromatic N) is 1. The maximum absolute atomic E-state index is 11.6. The SMILES string of the molecule is CN=C(NCC(C)(C)c1ccccc1C)NC1CCS(=O)(=O)C1. The molecule has 2 rings (SSSR count). The van der Waals surface area contributed by atoms with Crippen molar-refractivity contribution in [3.05, 3.63) is 35.4 Å². The fourth-order valence-electron chi connectivity index (χ4n) is 3.03. The highest BCUT2D eigenvalue weighted by Gasteiger charge is 2.29. The van der Waals surface area contributed by atoms with Crippen molar-refractivity contribution in [3.63, 3.8) is 0 Å². The summed E-state index contributed by atoms with van der Waals surface area (Å²) in [5, 5.41) is 6.55. The Balaban J connectivity index is 1.97. The number of nitrogens with one attached hydrogen (secondary N) is 2. The summed E-state index contributed by atoms with van der Waals surface area (Å²) in [6, 6.07) is 8.32. The number of benzene rings is 1. The van der Waals surface area contributed by atoms with E-state index >= 15 is 0 Å². The second kappa shape index (κ2) is 6.91. The van der Waals surface area contributed by atoms with Crippen molar-refractivity contribution < 1.29 is 8.42 Å². The molecule has 0 bridgehead atoms. The first-order valence-electron chi connectivity index (χ1n) is 7.97. The van der Waals surface area contributed by atoms with E-state index in [2.05, 4.69) is 54.6 Å². The van der Waals surface area contributed by atoms with Crippen molar-refractivity contribution in [2.45, 2.75) is 38.6 Å². The minimum Gasteiger partial charge on any atom is -0.356 e. The average Bonchev–Trinajstić information content (AvgIpc) is 2.82. The smallest absolute Gasteiger partial charge is 0.191 e. The number of hydrogen-bond acceptors (Lipinski definition) is 3. The molecular weight excluding hydrogens is 310 g/mol. The molecule has 0 spiro atoms. The number of sulfone groups is 1. The monoisotopic (exact) mass is 337 g/mol. The quantitative estimate of drug-likeness (QED) is 0.647. The van der Waals surface area contributed by atoms with Gasteiger partial charge in [-0.2, -0.15) is 0 Å². The molecule has 0 aromatic heterocycles. The molecule has 1 aliphatic rings. The van der Waals surface area contributed by atoms with E-state index < -0.39 is 9.84 Å². The van der Waals surface area contributed by atoms with Crippen LogP contribution < -0.4 is 10.6 Å². The molecule has 1 unspecified atom stereocenters. The molecule has 0 saturated carbocycles. The lowest BCUT2D eigenvalue weighted by Crippen LogP contribution is -2.47. The summed E-state index contributed by atoms with van der Waals surface area (Å²) in [5.74, 6) is 1.11. The van der Waals surface area contributed by atoms with Crippen LogP contribution in [0.15, 0.2) is 29.3 Å². The van der Waals surface area contributed by atoms with Gasteiger partial charge in [-0.1, -0.05) is 38.1 Å². The predicted molar refractivity (Wildman–Crippen MR) is 95.8 cm³/mol. The molecule has 1 aromatic carbocycles. The lowest BCUT2D eigenvalue weighted by atomic mass is 9.82. The van der Waals surface area contributed by atoms with Crippen LogP contribution in [0.4, 0.5) is 0 Å². The first kappa shape index (κ1) is 17.8. The predicted octanol–water partition coefficient (Wildman–Crippen LogP) is 1.62. The molecule has 2 N–H and O–H groups in total. The molecule has 6 heteroatoms. The Morgan fingerprint density at radius 1 is 1.35 bits per heavy atom. The molecule has 1 heterocycles. The summed E-state index contributed by atoms with van der Waals surface area (Å²) in [6.07, 6.45) is 0.643. The second-order valence-electron chi connectivity index (χ2n) is 6.87. The maximum atomic E-state index is 11.6. The van der Waals surface area contributed by atoms with Gasteiger partial charge >= 0.3 is 0 Å². The van der Waals surface area contributed by atoms with Gasteiger partial charge in [-0.3, -0.25) is 4.99 Å². The van der Waals surface area contributed by atoms with Gasteiger partial charge in [-0.05, 0) is 24.5 Å². The van der Waals surface area contributed by atoms with E-state index in [-0.39, 0.29) is 23.0 Å². The number of aryl methyl sites for hydroxylation is 1. The van der Waals surface area contributed by atoms with Gasteiger partial charge in [-0.25, -0.2) is 8.42 Å². The Bertz CT molecular complexity index is 681. The van der Waals surface area contributed by atoms with E-state index in [1.165, 1.54) is 11.1 Å². The Kier molecular flexibility index (Phi) is 5.34. The van der Waals surface area contributed by atoms with Crippen LogP contribution in [0.5, 0.6) is 0 Å². The van der Waals surface area contributed by atoms with Gasteiger partial charge in [0.15, 0.2) is 15.8 Å². The zero-order chi connectivity index (χ0) is 17.1. The molecule has 0 radical (unpaired) electrons. The van der Waals surface area contributed by atoms with E-state index in [1.54, 1.807) is 7.05 Å². The lowest BCUT2D eigenvalue weighted by molar-refractivity contribution is 0.502. The highest BCUT2D eigenvalue weighted by atomic mass is 32.2. The van der Waals surface area contributed by atoms with Crippen LogP contribution in [-0.2, 0) is 15.3 Å². The molecule has 1 saturated heterocycles. The highest BCUT2D eigenvalue weighted by molar-refractivity contribution is 7.91. The topological polar surface area (TPSA) is 70.6 Å². The lowest BCUT2D eigenvalue weighted by Gasteiger charge is -2.29. The maximum Gasteiger partial charge on any atom is 0.191 e. The third-order valence-corrected chi connectivity index (χ3v) is 6.14. The van der Waals surface area contributed by atoms with Gasteiger partial charge in [0.25, 0.3) is 0 Å². The van der Waals surface area contributed by atoms with E-state index in [9.17, 15) is 8.42 Å². The number of guanidine groups is 1. The van der Waals surface area contributed by atoms with Crippen molar-refractivity contribution in [2.24, 2.45) is 4.99 Å². The van der Waals surface area contributed by atoms with Crippen LogP contribution in [0.2, 0.25) is 0 Å². The van der Waals surface area contributed by atoms with Crippen LogP contribution >= 0.6 is 0 Å². The molecule has 0 amide bonds. The Hall–Kier alpha value is -1.56. The fourth-order valence-corrected chi connectivity index (χ4v) is 4.70. The normalized spacial score (nSPS) is 21.2. The third-order valence-electron chi connectivity index (χ3n) is 4.37. The number of aliphatic imine (C=N–C) groups is 1. The van der Waals surface area contributed by atoms with Crippen molar-refractivity contribution in [2.75, 3.05) is 25.1 Å². The molecule has 0 aliphatic carbocycles. The van der Waals surface area contributed by atoms with Crippen LogP contribution in [0.1, 0.15) is 31.4 Å². The number of hydrogen-bond donors (Lipinski definition) is 2. The van der Waals surface area contributed by atoms with E-state index in [4.69, 9.17) is 0 Å². The summed E-state index contributed by atoms with van der Waals surface area (Å²) >= 11 is 0. The van der Waals surface area contributed by atoms with Crippen molar-refractivity contribution in [1.82, 2.24) is 10.6 Å². The third kappa shape index (κ3) is 4.70. The van der Waals surface area contributed by atoms with E-state index in [1.807, 2.05) is 6.07 Å². The Labute approximate surface area is 139 Å². The van der Waals surface area contributed by atoms with E-state index in [0.717, 1.165) is 6.54 Å². The van der Waals surface area contributed by atoms with Crippen LogP contribution in [0, 0.1) is 6.92 Å². The van der Waals surface area contributed by atoms with Gasteiger partial charge < -0.3 is 10.6 Å². The molecule has 1 aromatic rings. The molecule has 128 valence electrons. The average molecular weight is 337 g/mol. The summed E-state index contributed by atoms with van der Waals surface area (Å²) < 4.78 is 23.1.